The highest BCUT2D eigenvalue weighted by Crippen LogP contribution is 2.27. The second-order valence-corrected chi connectivity index (χ2v) is 10.7. The van der Waals surface area contributed by atoms with Gasteiger partial charge < -0.3 is 19.5 Å². The molecule has 6 heteroatoms. The van der Waals surface area contributed by atoms with Gasteiger partial charge in [0.2, 0.25) is 0 Å². The fourth-order valence-corrected chi connectivity index (χ4v) is 4.95. The van der Waals surface area contributed by atoms with Crippen LogP contribution in [0.25, 0.3) is 0 Å². The van der Waals surface area contributed by atoms with Crippen molar-refractivity contribution in [2.75, 3.05) is 26.4 Å². The van der Waals surface area contributed by atoms with E-state index in [1.54, 1.807) is 6.20 Å². The van der Waals surface area contributed by atoms with Gasteiger partial charge in [0.05, 0.1) is 18.8 Å². The minimum atomic E-state index is -0.503. The zero-order chi connectivity index (χ0) is 26.3. The van der Waals surface area contributed by atoms with Gasteiger partial charge in [-0.2, -0.15) is 0 Å². The van der Waals surface area contributed by atoms with Gasteiger partial charge >= 0.3 is 6.09 Å². The highest BCUT2D eigenvalue weighted by atomic mass is 16.6. The van der Waals surface area contributed by atoms with E-state index in [4.69, 9.17) is 14.2 Å². The van der Waals surface area contributed by atoms with Crippen LogP contribution in [0.3, 0.4) is 0 Å². The van der Waals surface area contributed by atoms with Gasteiger partial charge in [-0.15, -0.1) is 0 Å². The van der Waals surface area contributed by atoms with Crippen LogP contribution in [0.2, 0.25) is 0 Å². The van der Waals surface area contributed by atoms with Crippen LogP contribution >= 0.6 is 0 Å². The van der Waals surface area contributed by atoms with Crippen molar-refractivity contribution in [1.29, 1.82) is 0 Å². The van der Waals surface area contributed by atoms with E-state index >= 15 is 0 Å². The first-order valence-corrected chi connectivity index (χ1v) is 15.3. The minimum absolute atomic E-state index is 0.222. The Morgan fingerprint density at radius 1 is 0.892 bits per heavy atom. The fourth-order valence-electron chi connectivity index (χ4n) is 4.95. The summed E-state index contributed by atoms with van der Waals surface area (Å²) in [7, 11) is 0. The number of pyridine rings is 1. The molecule has 37 heavy (non-hydrogen) atoms. The number of hydrogen-bond donors (Lipinski definition) is 1. The lowest BCUT2D eigenvalue weighted by Crippen LogP contribution is -2.41. The Hall–Kier alpha value is -1.66. The lowest BCUT2D eigenvalue weighted by molar-refractivity contribution is -0.0934. The van der Waals surface area contributed by atoms with Crippen LogP contribution in [0.15, 0.2) is 24.4 Å². The monoisotopic (exact) mass is 518 g/mol. The van der Waals surface area contributed by atoms with E-state index in [9.17, 15) is 4.79 Å². The van der Waals surface area contributed by atoms with Gasteiger partial charge in [-0.25, -0.2) is 4.79 Å². The highest BCUT2D eigenvalue weighted by Gasteiger charge is 2.37. The number of carbonyl (C=O) groups excluding carboxylic acids is 1. The molecule has 1 N–H and O–H groups in total. The predicted octanol–water partition coefficient (Wildman–Crippen LogP) is 8.14. The summed E-state index contributed by atoms with van der Waals surface area (Å²) in [6, 6.07) is 5.62. The van der Waals surface area contributed by atoms with Crippen molar-refractivity contribution in [3.63, 3.8) is 0 Å². The number of aromatic nitrogens is 1. The molecular weight excluding hydrogens is 464 g/mol. The molecule has 1 amide bonds. The number of amides is 1. The van der Waals surface area contributed by atoms with E-state index in [1.807, 2.05) is 18.2 Å². The van der Waals surface area contributed by atoms with E-state index < -0.39 is 11.7 Å². The number of nitrogens with one attached hydrogen (secondary N) is 1. The van der Waals surface area contributed by atoms with Crippen molar-refractivity contribution >= 4 is 6.09 Å². The standard InChI is InChI=1S/C31H54N2O4/c1-2-3-4-5-6-7-8-9-10-11-12-13-14-15-16-19-24-35-27-31(22-20-25-37-31)28-36-30(34)33-26-29-21-17-18-23-32-29/h17-18,21,23H,2-16,19-20,22,24-28H2,1H3,(H,33,34). The van der Waals surface area contributed by atoms with Gasteiger partial charge in [0, 0.05) is 19.4 Å². The largest absolute Gasteiger partial charge is 0.446 e. The summed E-state index contributed by atoms with van der Waals surface area (Å²) in [4.78, 5) is 16.3. The van der Waals surface area contributed by atoms with Crippen LogP contribution in [0.4, 0.5) is 4.79 Å². The fraction of sp³-hybridized carbons (Fsp3) is 0.806. The van der Waals surface area contributed by atoms with Gasteiger partial charge in [-0.05, 0) is 31.4 Å². The van der Waals surface area contributed by atoms with Crippen LogP contribution in [-0.4, -0.2) is 43.1 Å². The molecule has 1 aromatic rings. The molecule has 0 spiro atoms. The van der Waals surface area contributed by atoms with E-state index in [1.165, 1.54) is 96.3 Å². The first-order valence-electron chi connectivity index (χ1n) is 15.3. The Balaban J connectivity index is 1.38. The molecule has 0 radical (unpaired) electrons. The van der Waals surface area contributed by atoms with E-state index in [-0.39, 0.29) is 6.61 Å². The molecule has 1 saturated heterocycles. The van der Waals surface area contributed by atoms with Gasteiger partial charge in [0.15, 0.2) is 0 Å². The van der Waals surface area contributed by atoms with Gasteiger partial charge in [-0.1, -0.05) is 109 Å². The van der Waals surface area contributed by atoms with Crippen molar-refractivity contribution in [2.24, 2.45) is 0 Å². The number of alkyl carbamates (subject to hydrolysis) is 1. The Kier molecular flexibility index (Phi) is 18.2. The predicted molar refractivity (Wildman–Crippen MR) is 151 cm³/mol. The summed E-state index contributed by atoms with van der Waals surface area (Å²) in [5.74, 6) is 0. The SMILES string of the molecule is CCCCCCCCCCCCCCCCCCOCC1(COC(=O)NCc2ccccn2)CCCO1. The number of hydrogen-bond acceptors (Lipinski definition) is 5. The highest BCUT2D eigenvalue weighted by molar-refractivity contribution is 5.67. The van der Waals surface area contributed by atoms with Crippen LogP contribution in [0.5, 0.6) is 0 Å². The summed E-state index contributed by atoms with van der Waals surface area (Å²) in [6.07, 6.45) is 25.0. The summed E-state index contributed by atoms with van der Waals surface area (Å²) >= 11 is 0. The van der Waals surface area contributed by atoms with Gasteiger partial charge in [-0.3, -0.25) is 4.98 Å². The third kappa shape index (κ3) is 16.0. The summed E-state index contributed by atoms with van der Waals surface area (Å²) in [6.45, 7) is 4.78. The topological polar surface area (TPSA) is 69.7 Å². The number of rotatable bonds is 23. The molecule has 6 nitrogen and oxygen atoms in total. The van der Waals surface area contributed by atoms with Crippen LogP contribution < -0.4 is 5.32 Å². The Morgan fingerprint density at radius 2 is 1.51 bits per heavy atom. The Morgan fingerprint density at radius 3 is 2.05 bits per heavy atom. The molecule has 0 bridgehead atoms. The van der Waals surface area contributed by atoms with Gasteiger partial charge in [0.1, 0.15) is 12.2 Å². The molecule has 0 aliphatic carbocycles. The third-order valence-electron chi connectivity index (χ3n) is 7.30. The van der Waals surface area contributed by atoms with Crippen molar-refractivity contribution < 1.29 is 19.0 Å². The normalized spacial score (nSPS) is 17.2. The molecule has 1 atom stereocenters. The molecule has 1 aromatic heterocycles. The Labute approximate surface area is 226 Å². The summed E-state index contributed by atoms with van der Waals surface area (Å²) in [5.41, 5.74) is 0.297. The molecule has 1 unspecified atom stereocenters. The zero-order valence-corrected chi connectivity index (χ0v) is 23.7. The van der Waals surface area contributed by atoms with Crippen LogP contribution in [0, 0.1) is 0 Å². The first-order chi connectivity index (χ1) is 18.2. The van der Waals surface area contributed by atoms with Gasteiger partial charge in [0.25, 0.3) is 0 Å². The molecule has 2 rings (SSSR count). The molecule has 1 fully saturated rings. The number of unbranched alkanes of at least 4 members (excludes halogenated alkanes) is 15. The third-order valence-corrected chi connectivity index (χ3v) is 7.30. The molecule has 212 valence electrons. The van der Waals surface area contributed by atoms with E-state index in [0.29, 0.717) is 19.8 Å². The Bertz CT molecular complexity index is 664. The molecule has 1 aliphatic rings. The van der Waals surface area contributed by atoms with E-state index in [2.05, 4.69) is 17.2 Å². The van der Waals surface area contributed by atoms with Crippen LogP contribution in [0.1, 0.15) is 128 Å². The summed E-state index contributed by atoms with van der Waals surface area (Å²) < 4.78 is 17.4. The molecule has 1 aliphatic heterocycles. The number of ether oxygens (including phenoxy) is 3. The quantitative estimate of drug-likeness (QED) is 0.148. The number of nitrogens with zero attached hydrogens (tertiary/aromatic N) is 1. The first kappa shape index (κ1) is 31.6. The van der Waals surface area contributed by atoms with Crippen molar-refractivity contribution in [2.45, 2.75) is 135 Å². The maximum Gasteiger partial charge on any atom is 0.407 e. The van der Waals surface area contributed by atoms with Crippen molar-refractivity contribution in [3.8, 4) is 0 Å². The van der Waals surface area contributed by atoms with Crippen molar-refractivity contribution in [3.05, 3.63) is 30.1 Å². The maximum absolute atomic E-state index is 12.1. The average molecular weight is 519 g/mol. The number of carbonyl (C=O) groups is 1. The molecular formula is C31H54N2O4. The van der Waals surface area contributed by atoms with Crippen LogP contribution in [-0.2, 0) is 20.8 Å². The van der Waals surface area contributed by atoms with Crippen molar-refractivity contribution in [1.82, 2.24) is 10.3 Å². The maximum atomic E-state index is 12.1. The smallest absolute Gasteiger partial charge is 0.407 e. The molecule has 0 aromatic carbocycles. The lowest BCUT2D eigenvalue weighted by Gasteiger charge is -2.27. The second kappa shape index (κ2) is 21.3. The summed E-state index contributed by atoms with van der Waals surface area (Å²) in [5, 5.41) is 2.75. The zero-order valence-electron chi connectivity index (χ0n) is 23.7. The molecule has 0 saturated carbocycles. The average Bonchev–Trinajstić information content (AvgIpc) is 3.39. The second-order valence-electron chi connectivity index (χ2n) is 10.7. The van der Waals surface area contributed by atoms with E-state index in [0.717, 1.165) is 31.6 Å². The minimum Gasteiger partial charge on any atom is -0.446 e. The molecule has 2 heterocycles. The lowest BCUT2D eigenvalue weighted by atomic mass is 10.0.